The van der Waals surface area contributed by atoms with Crippen LogP contribution < -0.4 is 10.1 Å². The highest BCUT2D eigenvalue weighted by molar-refractivity contribution is 9.10. The Labute approximate surface area is 129 Å². The summed E-state index contributed by atoms with van der Waals surface area (Å²) >= 11 is 11.5. The van der Waals surface area contributed by atoms with E-state index in [0.717, 1.165) is 38.7 Å². The van der Waals surface area contributed by atoms with Gasteiger partial charge in [-0.15, -0.1) is 11.3 Å². The molecule has 5 heteroatoms. The molecule has 2 nitrogen and oxygen atoms in total. The third-order valence-corrected chi connectivity index (χ3v) is 5.16. The van der Waals surface area contributed by atoms with Crippen LogP contribution in [0.5, 0.6) is 5.75 Å². The van der Waals surface area contributed by atoms with Gasteiger partial charge in [0, 0.05) is 21.3 Å². The fourth-order valence-corrected chi connectivity index (χ4v) is 4.27. The third-order valence-electron chi connectivity index (χ3n) is 3.28. The molecule has 100 valence electrons. The van der Waals surface area contributed by atoms with Gasteiger partial charge in [0.2, 0.25) is 0 Å². The average Bonchev–Trinajstić information content (AvgIpc) is 2.99. The van der Waals surface area contributed by atoms with E-state index in [-0.39, 0.29) is 6.04 Å². The SMILES string of the molecule is CNC(c1cc(Br)cc2c1OCC2)c1sccc1Cl. The summed E-state index contributed by atoms with van der Waals surface area (Å²) < 4.78 is 6.89. The molecule has 1 atom stereocenters. The van der Waals surface area contributed by atoms with Crippen molar-refractivity contribution < 1.29 is 4.74 Å². The van der Waals surface area contributed by atoms with Crippen LogP contribution >= 0.6 is 38.9 Å². The molecular formula is C14H13BrClNOS. The molecule has 3 rings (SSSR count). The van der Waals surface area contributed by atoms with E-state index in [1.165, 1.54) is 5.56 Å². The molecule has 0 radical (unpaired) electrons. The molecule has 0 fully saturated rings. The summed E-state index contributed by atoms with van der Waals surface area (Å²) in [5.41, 5.74) is 2.41. The van der Waals surface area contributed by atoms with Crippen molar-refractivity contribution in [1.29, 1.82) is 0 Å². The van der Waals surface area contributed by atoms with Crippen molar-refractivity contribution in [3.8, 4) is 5.75 Å². The predicted molar refractivity (Wildman–Crippen MR) is 83.6 cm³/mol. The Morgan fingerprint density at radius 2 is 2.32 bits per heavy atom. The zero-order valence-corrected chi connectivity index (χ0v) is 13.5. The second kappa shape index (κ2) is 5.44. The van der Waals surface area contributed by atoms with Crippen LogP contribution in [0.15, 0.2) is 28.1 Å². The van der Waals surface area contributed by atoms with Crippen molar-refractivity contribution >= 4 is 38.9 Å². The Morgan fingerprint density at radius 1 is 1.47 bits per heavy atom. The van der Waals surface area contributed by atoms with Crippen LogP contribution in [0.4, 0.5) is 0 Å². The summed E-state index contributed by atoms with van der Waals surface area (Å²) in [5.74, 6) is 1.01. The zero-order chi connectivity index (χ0) is 13.4. The highest BCUT2D eigenvalue weighted by Gasteiger charge is 2.25. The molecule has 1 aromatic heterocycles. The van der Waals surface area contributed by atoms with Crippen LogP contribution in [0.25, 0.3) is 0 Å². The van der Waals surface area contributed by atoms with Crippen molar-refractivity contribution in [2.24, 2.45) is 0 Å². The number of benzene rings is 1. The smallest absolute Gasteiger partial charge is 0.127 e. The van der Waals surface area contributed by atoms with Gasteiger partial charge >= 0.3 is 0 Å². The van der Waals surface area contributed by atoms with Crippen molar-refractivity contribution in [3.63, 3.8) is 0 Å². The minimum absolute atomic E-state index is 0.0665. The fraction of sp³-hybridized carbons (Fsp3) is 0.286. The van der Waals surface area contributed by atoms with E-state index in [0.29, 0.717) is 0 Å². The second-order valence-electron chi connectivity index (χ2n) is 4.44. The van der Waals surface area contributed by atoms with Crippen LogP contribution in [0, 0.1) is 0 Å². The monoisotopic (exact) mass is 357 g/mol. The largest absolute Gasteiger partial charge is 0.493 e. The number of halogens is 2. The first-order valence-corrected chi connectivity index (χ1v) is 8.11. The summed E-state index contributed by atoms with van der Waals surface area (Å²) in [6, 6.07) is 6.25. The standard InChI is InChI=1S/C14H13BrClNOS/c1-17-12(14-11(16)3-5-19-14)10-7-9(15)6-8-2-4-18-13(8)10/h3,5-7,12,17H,2,4H2,1H3. The van der Waals surface area contributed by atoms with Gasteiger partial charge in [-0.1, -0.05) is 27.5 Å². The Balaban J connectivity index is 2.12. The van der Waals surface area contributed by atoms with Crippen molar-refractivity contribution in [2.45, 2.75) is 12.5 Å². The van der Waals surface area contributed by atoms with Crippen molar-refractivity contribution in [3.05, 3.63) is 49.1 Å². The molecule has 0 amide bonds. The predicted octanol–water partition coefficient (Wildman–Crippen LogP) is 4.41. The highest BCUT2D eigenvalue weighted by Crippen LogP contribution is 2.41. The molecule has 19 heavy (non-hydrogen) atoms. The molecular weight excluding hydrogens is 346 g/mol. The summed E-state index contributed by atoms with van der Waals surface area (Å²) in [6.45, 7) is 0.757. The number of rotatable bonds is 3. The molecule has 0 aliphatic carbocycles. The van der Waals surface area contributed by atoms with E-state index >= 15 is 0 Å². The number of fused-ring (bicyclic) bond motifs is 1. The van der Waals surface area contributed by atoms with Gasteiger partial charge in [0.05, 0.1) is 17.7 Å². The first kappa shape index (κ1) is 13.4. The summed E-state index contributed by atoms with van der Waals surface area (Å²) in [6.07, 6.45) is 0.969. The quantitative estimate of drug-likeness (QED) is 0.877. The molecule has 1 aliphatic rings. The minimum Gasteiger partial charge on any atom is -0.493 e. The molecule has 2 aromatic rings. The van der Waals surface area contributed by atoms with Gasteiger partial charge in [-0.2, -0.15) is 0 Å². The van der Waals surface area contributed by atoms with Crippen LogP contribution in [-0.4, -0.2) is 13.7 Å². The number of nitrogens with one attached hydrogen (secondary N) is 1. The number of hydrogen-bond acceptors (Lipinski definition) is 3. The average molecular weight is 359 g/mol. The van der Waals surface area contributed by atoms with E-state index in [1.807, 2.05) is 18.5 Å². The molecule has 0 saturated carbocycles. The van der Waals surface area contributed by atoms with E-state index in [4.69, 9.17) is 16.3 Å². The number of ether oxygens (including phenoxy) is 1. The Bertz CT molecular complexity index is 613. The van der Waals surface area contributed by atoms with Gasteiger partial charge in [-0.3, -0.25) is 0 Å². The number of thiophene rings is 1. The molecule has 0 spiro atoms. The van der Waals surface area contributed by atoms with E-state index < -0.39 is 0 Å². The lowest BCUT2D eigenvalue weighted by Crippen LogP contribution is -2.17. The summed E-state index contributed by atoms with van der Waals surface area (Å²) in [5, 5.41) is 6.16. The molecule has 1 unspecified atom stereocenters. The number of hydrogen-bond donors (Lipinski definition) is 1. The summed E-state index contributed by atoms with van der Waals surface area (Å²) in [7, 11) is 1.95. The molecule has 2 heterocycles. The zero-order valence-electron chi connectivity index (χ0n) is 10.4. The van der Waals surface area contributed by atoms with Crippen molar-refractivity contribution in [1.82, 2.24) is 5.32 Å². The lowest BCUT2D eigenvalue weighted by atomic mass is 10.0. The maximum Gasteiger partial charge on any atom is 0.127 e. The maximum absolute atomic E-state index is 6.27. The van der Waals surface area contributed by atoms with Gasteiger partial charge in [-0.25, -0.2) is 0 Å². The lowest BCUT2D eigenvalue weighted by Gasteiger charge is -2.19. The Kier molecular flexibility index (Phi) is 3.85. The Hall–Kier alpha value is -0.550. The maximum atomic E-state index is 6.27. The van der Waals surface area contributed by atoms with Gasteiger partial charge in [0.25, 0.3) is 0 Å². The minimum atomic E-state index is 0.0665. The normalized spacial score (nSPS) is 15.1. The van der Waals surface area contributed by atoms with Crippen LogP contribution in [0.2, 0.25) is 5.02 Å². The van der Waals surface area contributed by atoms with E-state index in [2.05, 4.69) is 33.4 Å². The first-order chi connectivity index (χ1) is 9.20. The molecule has 0 bridgehead atoms. The lowest BCUT2D eigenvalue weighted by molar-refractivity contribution is 0.351. The van der Waals surface area contributed by atoms with Crippen molar-refractivity contribution in [2.75, 3.05) is 13.7 Å². The summed E-state index contributed by atoms with van der Waals surface area (Å²) in [4.78, 5) is 1.12. The fourth-order valence-electron chi connectivity index (χ4n) is 2.45. The first-order valence-electron chi connectivity index (χ1n) is 6.06. The second-order valence-corrected chi connectivity index (χ2v) is 6.71. The van der Waals surface area contributed by atoms with Crippen LogP contribution in [-0.2, 0) is 6.42 Å². The molecule has 1 aliphatic heterocycles. The van der Waals surface area contributed by atoms with Gasteiger partial charge in [-0.05, 0) is 36.2 Å². The van der Waals surface area contributed by atoms with Crippen LogP contribution in [0.3, 0.4) is 0 Å². The van der Waals surface area contributed by atoms with Gasteiger partial charge in [0.1, 0.15) is 5.75 Å². The van der Waals surface area contributed by atoms with Crippen LogP contribution in [0.1, 0.15) is 22.0 Å². The Morgan fingerprint density at radius 3 is 3.00 bits per heavy atom. The van der Waals surface area contributed by atoms with E-state index in [9.17, 15) is 0 Å². The highest BCUT2D eigenvalue weighted by atomic mass is 79.9. The van der Waals surface area contributed by atoms with Gasteiger partial charge in [0.15, 0.2) is 0 Å². The van der Waals surface area contributed by atoms with E-state index in [1.54, 1.807) is 11.3 Å². The molecule has 0 saturated heterocycles. The topological polar surface area (TPSA) is 21.3 Å². The molecule has 1 aromatic carbocycles. The molecule has 1 N–H and O–H groups in total. The van der Waals surface area contributed by atoms with Gasteiger partial charge < -0.3 is 10.1 Å². The third kappa shape index (κ3) is 2.42.